The lowest BCUT2D eigenvalue weighted by Gasteiger charge is -2.31. The summed E-state index contributed by atoms with van der Waals surface area (Å²) in [6.45, 7) is 11.9. The molecule has 0 aliphatic heterocycles. The third-order valence-corrected chi connectivity index (χ3v) is 6.14. The molecule has 3 heteroatoms. The maximum atomic E-state index is 2.64. The molecular formula is C6H19NSi2. The van der Waals surface area contributed by atoms with Crippen LogP contribution in [0.25, 0.3) is 0 Å². The SMILES string of the molecule is CCN(CC)[Si](C)(C)[SiH3]. The lowest BCUT2D eigenvalue weighted by atomic mass is 10.7. The molecule has 0 aliphatic carbocycles. The van der Waals surface area contributed by atoms with Gasteiger partial charge < -0.3 is 4.57 Å². The highest BCUT2D eigenvalue weighted by Crippen LogP contribution is 2.02. The molecule has 0 atom stereocenters. The Balaban J connectivity index is 3.79. The Bertz CT molecular complexity index is 73.6. The molecule has 0 bridgehead atoms. The minimum atomic E-state index is -0.814. The van der Waals surface area contributed by atoms with Gasteiger partial charge in [0.05, 0.1) is 0 Å². The molecule has 9 heavy (non-hydrogen) atoms. The fourth-order valence-electron chi connectivity index (χ4n) is 1.17. The van der Waals surface area contributed by atoms with Crippen LogP contribution in [0, 0.1) is 0 Å². The van der Waals surface area contributed by atoms with Gasteiger partial charge in [-0.25, -0.2) is 0 Å². The Kier molecular flexibility index (Phi) is 3.69. The van der Waals surface area contributed by atoms with Crippen molar-refractivity contribution in [2.45, 2.75) is 26.9 Å². The maximum absolute atomic E-state index is 2.64. The van der Waals surface area contributed by atoms with Crippen LogP contribution in [0.5, 0.6) is 0 Å². The minimum Gasteiger partial charge on any atom is -0.327 e. The van der Waals surface area contributed by atoms with Gasteiger partial charge in [-0.05, 0) is 13.1 Å². The third kappa shape index (κ3) is 3.18. The Morgan fingerprint density at radius 1 is 1.22 bits per heavy atom. The fourth-order valence-corrected chi connectivity index (χ4v) is 4.97. The van der Waals surface area contributed by atoms with E-state index in [-0.39, 0.29) is 0 Å². The molecule has 0 saturated carbocycles. The lowest BCUT2D eigenvalue weighted by Crippen LogP contribution is -2.49. The lowest BCUT2D eigenvalue weighted by molar-refractivity contribution is 0.478. The Labute approximate surface area is 62.7 Å². The number of hydrogen-bond acceptors (Lipinski definition) is 1. The summed E-state index contributed by atoms with van der Waals surface area (Å²) >= 11 is 0. The van der Waals surface area contributed by atoms with Crippen LogP contribution in [0.2, 0.25) is 13.1 Å². The van der Waals surface area contributed by atoms with E-state index in [1.54, 1.807) is 0 Å². The minimum absolute atomic E-state index is 0.814. The van der Waals surface area contributed by atoms with Gasteiger partial charge in [-0.1, -0.05) is 26.9 Å². The number of nitrogens with zero attached hydrogens (tertiary/aromatic N) is 1. The van der Waals surface area contributed by atoms with E-state index >= 15 is 0 Å². The van der Waals surface area contributed by atoms with E-state index in [4.69, 9.17) is 0 Å². The van der Waals surface area contributed by atoms with Gasteiger partial charge in [0.2, 0.25) is 0 Å². The summed E-state index contributed by atoms with van der Waals surface area (Å²) in [6.07, 6.45) is 0. The molecule has 0 rings (SSSR count). The first-order valence-corrected chi connectivity index (χ1v) is 10.2. The summed E-state index contributed by atoms with van der Waals surface area (Å²) in [7, 11) is 0.581. The molecule has 0 aromatic heterocycles. The molecule has 0 heterocycles. The van der Waals surface area contributed by atoms with Gasteiger partial charge in [0.25, 0.3) is 0 Å². The third-order valence-electron chi connectivity index (χ3n) is 1.71. The first-order valence-electron chi connectivity index (χ1n) is 3.77. The van der Waals surface area contributed by atoms with Crippen molar-refractivity contribution in [3.8, 4) is 0 Å². The first-order chi connectivity index (χ1) is 4.02. The summed E-state index contributed by atoms with van der Waals surface area (Å²) in [4.78, 5) is 0. The smallest absolute Gasteiger partial charge is 0.101 e. The van der Waals surface area contributed by atoms with Crippen LogP contribution >= 0.6 is 0 Å². The molecule has 0 aliphatic rings. The molecule has 0 unspecified atom stereocenters. The summed E-state index contributed by atoms with van der Waals surface area (Å²) in [5.41, 5.74) is 0. The molecule has 0 aromatic rings. The van der Waals surface area contributed by atoms with E-state index in [0.29, 0.717) is 0 Å². The van der Waals surface area contributed by atoms with Gasteiger partial charge in [0.1, 0.15) is 7.75 Å². The molecule has 0 fully saturated rings. The highest BCUT2D eigenvalue weighted by molar-refractivity contribution is 7.14. The van der Waals surface area contributed by atoms with Crippen molar-refractivity contribution in [1.29, 1.82) is 0 Å². The second-order valence-corrected chi connectivity index (χ2v) is 15.7. The van der Waals surface area contributed by atoms with Gasteiger partial charge in [0.15, 0.2) is 0 Å². The van der Waals surface area contributed by atoms with Crippen molar-refractivity contribution in [3.05, 3.63) is 0 Å². The monoisotopic (exact) mass is 161 g/mol. The zero-order valence-electron chi connectivity index (χ0n) is 7.36. The van der Waals surface area contributed by atoms with Crippen molar-refractivity contribution in [2.75, 3.05) is 13.1 Å². The van der Waals surface area contributed by atoms with Crippen molar-refractivity contribution in [3.63, 3.8) is 0 Å². The first kappa shape index (κ1) is 9.39. The van der Waals surface area contributed by atoms with Crippen LogP contribution in [0.4, 0.5) is 0 Å². The standard InChI is InChI=1S/C6H19NSi2/c1-5-7(6-2)9(3,4)8/h5-6H2,1-4,8H3. The molecule has 1 nitrogen and oxygen atoms in total. The quantitative estimate of drug-likeness (QED) is 0.542. The van der Waals surface area contributed by atoms with Gasteiger partial charge in [-0.15, -0.1) is 0 Å². The zero-order chi connectivity index (χ0) is 7.49. The van der Waals surface area contributed by atoms with Crippen LogP contribution in [0.1, 0.15) is 13.8 Å². The Morgan fingerprint density at radius 3 is 1.56 bits per heavy atom. The molecular weight excluding hydrogens is 142 g/mol. The summed E-state index contributed by atoms with van der Waals surface area (Å²) in [6, 6.07) is 0. The van der Waals surface area contributed by atoms with Crippen LogP contribution < -0.4 is 0 Å². The summed E-state index contributed by atoms with van der Waals surface area (Å²) < 4.78 is 2.64. The summed E-state index contributed by atoms with van der Waals surface area (Å²) in [5, 5.41) is 0. The molecule has 0 aromatic carbocycles. The van der Waals surface area contributed by atoms with Crippen LogP contribution in [0.15, 0.2) is 0 Å². The average molecular weight is 161 g/mol. The van der Waals surface area contributed by atoms with Crippen molar-refractivity contribution in [2.24, 2.45) is 0 Å². The van der Waals surface area contributed by atoms with Crippen LogP contribution in [-0.2, 0) is 0 Å². The second-order valence-electron chi connectivity index (χ2n) is 3.34. The fraction of sp³-hybridized carbons (Fsp3) is 1.00. The maximum Gasteiger partial charge on any atom is 0.101 e. The largest absolute Gasteiger partial charge is 0.327 e. The summed E-state index contributed by atoms with van der Waals surface area (Å²) in [5.74, 6) is 0. The Hall–Kier alpha value is 0.394. The highest BCUT2D eigenvalue weighted by Gasteiger charge is 2.19. The predicted octanol–water partition coefficient (Wildman–Crippen LogP) is 0.395. The van der Waals surface area contributed by atoms with E-state index in [1.165, 1.54) is 22.8 Å². The molecule has 0 N–H and O–H groups in total. The number of rotatable bonds is 3. The van der Waals surface area contributed by atoms with Gasteiger partial charge in [0, 0.05) is 9.76 Å². The van der Waals surface area contributed by atoms with E-state index in [0.717, 1.165) is 0 Å². The Morgan fingerprint density at radius 2 is 1.56 bits per heavy atom. The van der Waals surface area contributed by atoms with E-state index < -0.39 is 7.75 Å². The molecule has 56 valence electrons. The van der Waals surface area contributed by atoms with Crippen molar-refractivity contribution in [1.82, 2.24) is 4.57 Å². The molecule has 0 amide bonds. The molecule has 0 saturated heterocycles. The van der Waals surface area contributed by atoms with Gasteiger partial charge in [-0.2, -0.15) is 0 Å². The topological polar surface area (TPSA) is 3.24 Å². The molecule has 0 spiro atoms. The van der Waals surface area contributed by atoms with Crippen LogP contribution in [0.3, 0.4) is 0 Å². The van der Waals surface area contributed by atoms with E-state index in [1.807, 2.05) is 0 Å². The van der Waals surface area contributed by atoms with Crippen molar-refractivity contribution < 1.29 is 0 Å². The van der Waals surface area contributed by atoms with Crippen LogP contribution in [-0.4, -0.2) is 35.2 Å². The normalized spacial score (nSPS) is 13.0. The average Bonchev–Trinajstić information content (AvgIpc) is 1.65. The predicted molar refractivity (Wildman–Crippen MR) is 50.3 cm³/mol. The van der Waals surface area contributed by atoms with Gasteiger partial charge >= 0.3 is 0 Å². The van der Waals surface area contributed by atoms with E-state index in [9.17, 15) is 0 Å². The van der Waals surface area contributed by atoms with Gasteiger partial charge in [-0.3, -0.25) is 0 Å². The highest BCUT2D eigenvalue weighted by atomic mass is 29.2. The molecule has 0 radical (unpaired) electrons. The zero-order valence-corrected chi connectivity index (χ0v) is 10.4. The van der Waals surface area contributed by atoms with Crippen molar-refractivity contribution >= 4 is 17.5 Å². The second kappa shape index (κ2) is 3.53. The van der Waals surface area contributed by atoms with E-state index in [2.05, 4.69) is 31.5 Å². The number of hydrogen-bond donors (Lipinski definition) is 0.